The predicted molar refractivity (Wildman–Crippen MR) is 104 cm³/mol. The van der Waals surface area contributed by atoms with Gasteiger partial charge in [0, 0.05) is 24.2 Å². The number of nitrogens with one attached hydrogen (secondary N) is 2. The van der Waals surface area contributed by atoms with Gasteiger partial charge in [0.15, 0.2) is 0 Å². The van der Waals surface area contributed by atoms with Gasteiger partial charge in [-0.15, -0.1) is 12.4 Å². The van der Waals surface area contributed by atoms with Gasteiger partial charge in [0.25, 0.3) is 5.91 Å². The Morgan fingerprint density at radius 3 is 2.76 bits per heavy atom. The van der Waals surface area contributed by atoms with Gasteiger partial charge in [-0.05, 0) is 44.5 Å². The number of nitrogens with zero attached hydrogens (tertiary/aromatic N) is 1. The molecule has 0 aromatic heterocycles. The molecule has 140 valence electrons. The summed E-state index contributed by atoms with van der Waals surface area (Å²) in [5, 5.41) is 6.95. The van der Waals surface area contributed by atoms with Gasteiger partial charge in [0.05, 0.1) is 10.6 Å². The molecule has 25 heavy (non-hydrogen) atoms. The van der Waals surface area contributed by atoms with E-state index in [0.29, 0.717) is 35.1 Å². The third kappa shape index (κ3) is 5.74. The van der Waals surface area contributed by atoms with Crippen LogP contribution in [0.2, 0.25) is 10.0 Å². The first-order valence-corrected chi connectivity index (χ1v) is 8.96. The van der Waals surface area contributed by atoms with Crippen LogP contribution in [0, 0.1) is 0 Å². The molecule has 2 amide bonds. The molecule has 1 aliphatic heterocycles. The molecule has 1 saturated heterocycles. The maximum absolute atomic E-state index is 12.8. The Balaban J connectivity index is 0.00000312. The minimum Gasteiger partial charge on any atom is -0.353 e. The van der Waals surface area contributed by atoms with E-state index in [1.54, 1.807) is 23.1 Å². The van der Waals surface area contributed by atoms with E-state index in [9.17, 15) is 9.59 Å². The highest BCUT2D eigenvalue weighted by Crippen LogP contribution is 2.26. The Labute approximate surface area is 164 Å². The van der Waals surface area contributed by atoms with Gasteiger partial charge in [-0.1, -0.05) is 30.1 Å². The number of rotatable bonds is 6. The van der Waals surface area contributed by atoms with Gasteiger partial charge in [-0.3, -0.25) is 9.59 Å². The summed E-state index contributed by atoms with van der Waals surface area (Å²) in [5.41, 5.74) is 0.338. The minimum atomic E-state index is -0.457. The van der Waals surface area contributed by atoms with Crippen LogP contribution in [0.4, 0.5) is 0 Å². The van der Waals surface area contributed by atoms with Crippen LogP contribution >= 0.6 is 35.6 Å². The van der Waals surface area contributed by atoms with E-state index in [1.807, 2.05) is 13.8 Å². The predicted octanol–water partition coefficient (Wildman–Crippen LogP) is 3.13. The van der Waals surface area contributed by atoms with Crippen molar-refractivity contribution < 1.29 is 9.59 Å². The highest BCUT2D eigenvalue weighted by atomic mass is 35.5. The van der Waals surface area contributed by atoms with E-state index in [1.165, 1.54) is 0 Å². The first-order valence-electron chi connectivity index (χ1n) is 8.21. The van der Waals surface area contributed by atoms with Crippen molar-refractivity contribution in [2.75, 3.05) is 19.6 Å². The van der Waals surface area contributed by atoms with E-state index >= 15 is 0 Å². The standard InChI is InChI=1S/C17H23Cl2N3O2.ClH/c1-3-20-11(2)10-21-16(23)15-5-4-8-22(15)17(24)13-9-12(18)6-7-14(13)19;/h6-7,9,11,15,20H,3-5,8,10H2,1-2H3,(H,21,23);1H/t11-,15?;/m1./s1. The van der Waals surface area contributed by atoms with Gasteiger partial charge in [-0.2, -0.15) is 0 Å². The van der Waals surface area contributed by atoms with Crippen molar-refractivity contribution in [2.24, 2.45) is 0 Å². The Morgan fingerprint density at radius 2 is 2.08 bits per heavy atom. The van der Waals surface area contributed by atoms with Crippen molar-refractivity contribution in [2.45, 2.75) is 38.8 Å². The van der Waals surface area contributed by atoms with Crippen molar-refractivity contribution in [1.29, 1.82) is 0 Å². The smallest absolute Gasteiger partial charge is 0.256 e. The molecule has 1 aromatic carbocycles. The maximum Gasteiger partial charge on any atom is 0.256 e. The second kappa shape index (κ2) is 10.2. The molecule has 0 aliphatic carbocycles. The molecule has 2 atom stereocenters. The number of likely N-dealkylation sites (tertiary alicyclic amines) is 1. The molecule has 0 saturated carbocycles. The molecule has 1 fully saturated rings. The second-order valence-corrected chi connectivity index (χ2v) is 6.83. The highest BCUT2D eigenvalue weighted by Gasteiger charge is 2.35. The van der Waals surface area contributed by atoms with Crippen LogP contribution < -0.4 is 10.6 Å². The monoisotopic (exact) mass is 407 g/mol. The number of carbonyl (C=O) groups is 2. The molecule has 1 unspecified atom stereocenters. The lowest BCUT2D eigenvalue weighted by Crippen LogP contribution is -2.48. The van der Waals surface area contributed by atoms with Crippen molar-refractivity contribution in [3.05, 3.63) is 33.8 Å². The summed E-state index contributed by atoms with van der Waals surface area (Å²) in [6.45, 7) is 5.95. The second-order valence-electron chi connectivity index (χ2n) is 5.98. The number of hydrogen-bond acceptors (Lipinski definition) is 3. The summed E-state index contributed by atoms with van der Waals surface area (Å²) in [6, 6.07) is 4.51. The van der Waals surface area contributed by atoms with Crippen LogP contribution in [-0.2, 0) is 4.79 Å². The molecule has 2 rings (SSSR count). The fraction of sp³-hybridized carbons (Fsp3) is 0.529. The first kappa shape index (κ1) is 22.0. The Kier molecular flexibility index (Phi) is 9.00. The molecule has 8 heteroatoms. The molecular weight excluding hydrogens is 385 g/mol. The lowest BCUT2D eigenvalue weighted by atomic mass is 10.1. The average molecular weight is 409 g/mol. The number of likely N-dealkylation sites (N-methyl/N-ethyl adjacent to an activating group) is 1. The third-order valence-corrected chi connectivity index (χ3v) is 4.67. The lowest BCUT2D eigenvalue weighted by Gasteiger charge is -2.25. The molecule has 0 bridgehead atoms. The summed E-state index contributed by atoms with van der Waals surface area (Å²) in [7, 11) is 0. The van der Waals surface area contributed by atoms with E-state index in [2.05, 4.69) is 10.6 Å². The van der Waals surface area contributed by atoms with Crippen LogP contribution in [0.25, 0.3) is 0 Å². The van der Waals surface area contributed by atoms with Crippen LogP contribution in [0.5, 0.6) is 0 Å². The number of hydrogen-bond donors (Lipinski definition) is 2. The zero-order valence-electron chi connectivity index (χ0n) is 14.4. The third-order valence-electron chi connectivity index (χ3n) is 4.11. The van der Waals surface area contributed by atoms with Gasteiger partial charge < -0.3 is 15.5 Å². The normalized spacial score (nSPS) is 17.8. The first-order chi connectivity index (χ1) is 11.4. The number of benzene rings is 1. The Morgan fingerprint density at radius 1 is 1.36 bits per heavy atom. The van der Waals surface area contributed by atoms with Crippen LogP contribution in [0.3, 0.4) is 0 Å². The fourth-order valence-corrected chi connectivity index (χ4v) is 3.26. The zero-order valence-corrected chi connectivity index (χ0v) is 16.7. The summed E-state index contributed by atoms with van der Waals surface area (Å²) in [6.07, 6.45) is 1.45. The summed E-state index contributed by atoms with van der Waals surface area (Å²) < 4.78 is 0. The zero-order chi connectivity index (χ0) is 17.7. The van der Waals surface area contributed by atoms with Crippen molar-refractivity contribution in [3.8, 4) is 0 Å². The van der Waals surface area contributed by atoms with Crippen LogP contribution in [0.1, 0.15) is 37.0 Å². The van der Waals surface area contributed by atoms with E-state index in [4.69, 9.17) is 23.2 Å². The minimum absolute atomic E-state index is 0. The fourth-order valence-electron chi connectivity index (χ4n) is 2.89. The molecule has 0 spiro atoms. The summed E-state index contributed by atoms with van der Waals surface area (Å²) in [5.74, 6) is -0.372. The molecule has 5 nitrogen and oxygen atoms in total. The highest BCUT2D eigenvalue weighted by molar-refractivity contribution is 6.35. The Bertz CT molecular complexity index is 613. The molecule has 1 aromatic rings. The van der Waals surface area contributed by atoms with E-state index < -0.39 is 6.04 Å². The van der Waals surface area contributed by atoms with Gasteiger partial charge >= 0.3 is 0 Å². The summed E-state index contributed by atoms with van der Waals surface area (Å²) in [4.78, 5) is 26.8. The van der Waals surface area contributed by atoms with Crippen molar-refractivity contribution in [3.63, 3.8) is 0 Å². The van der Waals surface area contributed by atoms with E-state index in [0.717, 1.165) is 13.0 Å². The van der Waals surface area contributed by atoms with Crippen LogP contribution in [-0.4, -0.2) is 48.4 Å². The number of amides is 2. The topological polar surface area (TPSA) is 61.4 Å². The van der Waals surface area contributed by atoms with Gasteiger partial charge in [-0.25, -0.2) is 0 Å². The molecule has 1 heterocycles. The maximum atomic E-state index is 12.8. The van der Waals surface area contributed by atoms with Crippen molar-refractivity contribution >= 4 is 47.4 Å². The largest absolute Gasteiger partial charge is 0.353 e. The van der Waals surface area contributed by atoms with Crippen LogP contribution in [0.15, 0.2) is 18.2 Å². The van der Waals surface area contributed by atoms with Gasteiger partial charge in [0.1, 0.15) is 6.04 Å². The Hall–Kier alpha value is -1.01. The van der Waals surface area contributed by atoms with Crippen molar-refractivity contribution in [1.82, 2.24) is 15.5 Å². The number of halogens is 3. The summed E-state index contributed by atoms with van der Waals surface area (Å²) >= 11 is 12.1. The molecule has 0 radical (unpaired) electrons. The quantitative estimate of drug-likeness (QED) is 0.760. The molecular formula is C17H24Cl3N3O2. The van der Waals surface area contributed by atoms with E-state index in [-0.39, 0.29) is 30.3 Å². The molecule has 1 aliphatic rings. The SMILES string of the molecule is CCN[C@H](C)CNC(=O)C1CCCN1C(=O)c1cc(Cl)ccc1Cl.Cl. The number of carbonyl (C=O) groups excluding carboxylic acids is 2. The average Bonchev–Trinajstić information content (AvgIpc) is 3.04. The van der Waals surface area contributed by atoms with Gasteiger partial charge in [0.2, 0.25) is 5.91 Å². The lowest BCUT2D eigenvalue weighted by molar-refractivity contribution is -0.124. The molecule has 2 N–H and O–H groups in total.